The van der Waals surface area contributed by atoms with Crippen LogP contribution in [0.5, 0.6) is 0 Å². The number of nitrogens with two attached hydrogens (primary N) is 1. The number of likely N-dealkylation sites (tertiary alicyclic amines) is 1. The highest BCUT2D eigenvalue weighted by Crippen LogP contribution is 2.29. The molecule has 0 saturated carbocycles. The van der Waals surface area contributed by atoms with Gasteiger partial charge in [-0.25, -0.2) is 0 Å². The Kier molecular flexibility index (Phi) is 5.07. The molecule has 1 aromatic heterocycles. The summed E-state index contributed by atoms with van der Waals surface area (Å²) in [5, 5.41) is 10.5. The van der Waals surface area contributed by atoms with Crippen LogP contribution in [0.3, 0.4) is 0 Å². The maximum Gasteiger partial charge on any atom is 0.0722 e. The second kappa shape index (κ2) is 7.08. The van der Waals surface area contributed by atoms with Gasteiger partial charge in [-0.1, -0.05) is 19.9 Å². The summed E-state index contributed by atoms with van der Waals surface area (Å²) in [7, 11) is 0. The predicted octanol–water partition coefficient (Wildman–Crippen LogP) is 3.09. The maximum atomic E-state index is 9.44. The van der Waals surface area contributed by atoms with E-state index in [0.29, 0.717) is 5.92 Å². The molecule has 4 nitrogen and oxygen atoms in total. The van der Waals surface area contributed by atoms with Gasteiger partial charge < -0.3 is 15.7 Å². The molecule has 0 unspecified atom stereocenters. The first-order valence-corrected chi connectivity index (χ1v) is 8.94. The molecule has 2 aromatic rings. The Bertz CT molecular complexity index is 690. The molecule has 4 heteroatoms. The van der Waals surface area contributed by atoms with E-state index in [9.17, 15) is 5.11 Å². The van der Waals surface area contributed by atoms with E-state index < -0.39 is 0 Å². The van der Waals surface area contributed by atoms with E-state index in [-0.39, 0.29) is 12.0 Å². The minimum atomic E-state index is -0.0113. The monoisotopic (exact) mass is 327 g/mol. The van der Waals surface area contributed by atoms with Crippen molar-refractivity contribution in [3.8, 4) is 0 Å². The Balaban J connectivity index is 1.61. The first kappa shape index (κ1) is 17.2. The molecule has 0 aliphatic carbocycles. The van der Waals surface area contributed by atoms with Crippen molar-refractivity contribution < 1.29 is 5.11 Å². The number of rotatable bonds is 5. The molecule has 3 rings (SSSR count). The number of benzene rings is 1. The van der Waals surface area contributed by atoms with Gasteiger partial charge in [-0.15, -0.1) is 0 Å². The Morgan fingerprint density at radius 1 is 1.25 bits per heavy atom. The third-order valence-electron chi connectivity index (χ3n) is 5.21. The highest BCUT2D eigenvalue weighted by molar-refractivity contribution is 5.91. The first-order chi connectivity index (χ1) is 11.5. The molecule has 1 aromatic carbocycles. The van der Waals surface area contributed by atoms with Gasteiger partial charge in [-0.2, -0.15) is 0 Å². The smallest absolute Gasteiger partial charge is 0.0722 e. The van der Waals surface area contributed by atoms with Crippen molar-refractivity contribution in [2.75, 3.05) is 32.0 Å². The summed E-state index contributed by atoms with van der Waals surface area (Å²) in [6.45, 7) is 7.70. The van der Waals surface area contributed by atoms with Crippen LogP contribution in [0.25, 0.3) is 10.9 Å². The normalized spacial score (nSPS) is 17.5. The number of fused-ring (bicyclic) bond motifs is 1. The molecule has 1 fully saturated rings. The molecular weight excluding hydrogens is 298 g/mol. The van der Waals surface area contributed by atoms with E-state index in [1.54, 1.807) is 0 Å². The molecule has 24 heavy (non-hydrogen) atoms. The fourth-order valence-corrected chi connectivity index (χ4v) is 3.71. The van der Waals surface area contributed by atoms with Crippen LogP contribution in [0.4, 0.5) is 5.69 Å². The van der Waals surface area contributed by atoms with Crippen LogP contribution in [-0.4, -0.2) is 41.2 Å². The lowest BCUT2D eigenvalue weighted by Crippen LogP contribution is -2.41. The fourth-order valence-electron chi connectivity index (χ4n) is 3.71. The highest BCUT2D eigenvalue weighted by Gasteiger charge is 2.25. The number of hydrogen-bond acceptors (Lipinski definition) is 4. The third-order valence-corrected chi connectivity index (χ3v) is 5.21. The average Bonchev–Trinajstić information content (AvgIpc) is 2.59. The van der Waals surface area contributed by atoms with Crippen LogP contribution in [0.2, 0.25) is 0 Å². The Morgan fingerprint density at radius 3 is 2.71 bits per heavy atom. The molecular formula is C20H29N3O. The molecule has 3 N–H and O–H groups in total. The first-order valence-electron chi connectivity index (χ1n) is 8.94. The van der Waals surface area contributed by atoms with E-state index in [2.05, 4.69) is 41.9 Å². The molecule has 2 heterocycles. The number of anilines is 1. The van der Waals surface area contributed by atoms with Crippen LogP contribution in [0, 0.1) is 11.3 Å². The van der Waals surface area contributed by atoms with Gasteiger partial charge in [0.15, 0.2) is 0 Å². The number of piperidine rings is 1. The van der Waals surface area contributed by atoms with Gasteiger partial charge in [0.25, 0.3) is 0 Å². The van der Waals surface area contributed by atoms with Crippen molar-refractivity contribution in [3.63, 3.8) is 0 Å². The van der Waals surface area contributed by atoms with Gasteiger partial charge in [0.2, 0.25) is 0 Å². The summed E-state index contributed by atoms with van der Waals surface area (Å²) in [6.07, 6.45) is 5.26. The van der Waals surface area contributed by atoms with Gasteiger partial charge in [0.05, 0.1) is 5.52 Å². The zero-order valence-corrected chi connectivity index (χ0v) is 14.8. The zero-order valence-electron chi connectivity index (χ0n) is 14.8. The van der Waals surface area contributed by atoms with Crippen molar-refractivity contribution in [2.45, 2.75) is 33.1 Å². The minimum absolute atomic E-state index is 0.0113. The van der Waals surface area contributed by atoms with Gasteiger partial charge in [-0.05, 0) is 62.0 Å². The van der Waals surface area contributed by atoms with Crippen LogP contribution < -0.4 is 5.73 Å². The van der Waals surface area contributed by atoms with Gasteiger partial charge >= 0.3 is 0 Å². The van der Waals surface area contributed by atoms with Crippen molar-refractivity contribution in [2.24, 2.45) is 11.3 Å². The number of hydrogen-bond donors (Lipinski definition) is 2. The largest absolute Gasteiger partial charge is 0.398 e. The quantitative estimate of drug-likeness (QED) is 0.829. The minimum Gasteiger partial charge on any atom is -0.398 e. The molecule has 1 saturated heterocycles. The number of pyridine rings is 1. The zero-order chi connectivity index (χ0) is 17.2. The summed E-state index contributed by atoms with van der Waals surface area (Å²) in [4.78, 5) is 6.86. The lowest BCUT2D eigenvalue weighted by atomic mass is 9.87. The molecule has 0 atom stereocenters. The summed E-state index contributed by atoms with van der Waals surface area (Å²) >= 11 is 0. The van der Waals surface area contributed by atoms with E-state index in [0.717, 1.165) is 42.6 Å². The molecule has 0 radical (unpaired) electrons. The number of nitrogens with zero attached hydrogens (tertiary/aromatic N) is 2. The van der Waals surface area contributed by atoms with Crippen molar-refractivity contribution in [3.05, 3.63) is 36.0 Å². The number of nitrogen functional groups attached to an aromatic ring is 1. The average molecular weight is 327 g/mol. The van der Waals surface area contributed by atoms with Gasteiger partial charge in [0, 0.05) is 35.8 Å². The van der Waals surface area contributed by atoms with Crippen molar-refractivity contribution >= 4 is 16.6 Å². The summed E-state index contributed by atoms with van der Waals surface area (Å²) in [5.41, 5.74) is 9.49. The SMILES string of the molecule is CC(C)(CO)CN1CCC(Cc2ccc3ncccc3c2N)CC1. The molecule has 0 bridgehead atoms. The van der Waals surface area contributed by atoms with Crippen LogP contribution in [-0.2, 0) is 6.42 Å². The summed E-state index contributed by atoms with van der Waals surface area (Å²) in [6, 6.07) is 8.23. The van der Waals surface area contributed by atoms with E-state index in [1.165, 1.54) is 18.4 Å². The second-order valence-electron chi connectivity index (χ2n) is 7.95. The van der Waals surface area contributed by atoms with Gasteiger partial charge in [0.1, 0.15) is 0 Å². The molecule has 1 aliphatic rings. The predicted molar refractivity (Wildman–Crippen MR) is 99.9 cm³/mol. The lowest BCUT2D eigenvalue weighted by molar-refractivity contribution is 0.0814. The maximum absolute atomic E-state index is 9.44. The van der Waals surface area contributed by atoms with Crippen LogP contribution in [0.15, 0.2) is 30.5 Å². The van der Waals surface area contributed by atoms with E-state index in [4.69, 9.17) is 5.73 Å². The highest BCUT2D eigenvalue weighted by atomic mass is 16.3. The molecule has 1 aliphatic heterocycles. The third kappa shape index (κ3) is 3.87. The Hall–Kier alpha value is -1.65. The Labute approximate surface area is 144 Å². The van der Waals surface area contributed by atoms with Crippen molar-refractivity contribution in [1.29, 1.82) is 0 Å². The summed E-state index contributed by atoms with van der Waals surface area (Å²) in [5.74, 6) is 0.690. The van der Waals surface area contributed by atoms with Crippen LogP contribution >= 0.6 is 0 Å². The molecule has 130 valence electrons. The van der Waals surface area contributed by atoms with Crippen molar-refractivity contribution in [1.82, 2.24) is 9.88 Å². The van der Waals surface area contributed by atoms with Gasteiger partial charge in [-0.3, -0.25) is 4.98 Å². The fraction of sp³-hybridized carbons (Fsp3) is 0.550. The molecule has 0 spiro atoms. The van der Waals surface area contributed by atoms with E-state index in [1.807, 2.05) is 12.3 Å². The number of aliphatic hydroxyl groups excluding tert-OH is 1. The second-order valence-corrected chi connectivity index (χ2v) is 7.95. The molecule has 0 amide bonds. The van der Waals surface area contributed by atoms with E-state index >= 15 is 0 Å². The standard InChI is InChI=1S/C20H29N3O/c1-20(2,14-24)13-23-10-7-15(8-11-23)12-16-5-6-18-17(19(16)21)4-3-9-22-18/h3-6,9,15,24H,7-8,10-14,21H2,1-2H3. The topological polar surface area (TPSA) is 62.4 Å². The summed E-state index contributed by atoms with van der Waals surface area (Å²) < 4.78 is 0. The number of aliphatic hydroxyl groups is 1. The Morgan fingerprint density at radius 2 is 2.00 bits per heavy atom. The van der Waals surface area contributed by atoms with Crippen LogP contribution in [0.1, 0.15) is 32.3 Å². The number of aromatic nitrogens is 1. The lowest BCUT2D eigenvalue weighted by Gasteiger charge is -2.36.